The Kier molecular flexibility index (Phi) is 4.97. The predicted molar refractivity (Wildman–Crippen MR) is 75.9 cm³/mol. The van der Waals surface area contributed by atoms with Gasteiger partial charge in [0, 0.05) is 18.6 Å². The van der Waals surface area contributed by atoms with E-state index in [9.17, 15) is 4.79 Å². The number of aryl methyl sites for hydroxylation is 1. The molecule has 0 radical (unpaired) electrons. The third kappa shape index (κ3) is 3.80. The molecule has 104 valence electrons. The zero-order chi connectivity index (χ0) is 13.7. The summed E-state index contributed by atoms with van der Waals surface area (Å²) in [5, 5.41) is 11.9. The van der Waals surface area contributed by atoms with E-state index in [1.807, 2.05) is 13.0 Å². The molecule has 1 aromatic carbocycles. The number of aliphatic hydroxyl groups excluding tert-OH is 1. The quantitative estimate of drug-likeness (QED) is 0.852. The van der Waals surface area contributed by atoms with Crippen LogP contribution in [0.15, 0.2) is 24.3 Å². The van der Waals surface area contributed by atoms with Gasteiger partial charge in [0.2, 0.25) is 5.91 Å². The minimum Gasteiger partial charge on any atom is -0.396 e. The van der Waals surface area contributed by atoms with Crippen LogP contribution in [0.25, 0.3) is 0 Å². The lowest BCUT2D eigenvalue weighted by molar-refractivity contribution is -0.126. The number of hydrogen-bond acceptors (Lipinski definition) is 2. The van der Waals surface area contributed by atoms with Gasteiger partial charge < -0.3 is 10.4 Å². The summed E-state index contributed by atoms with van der Waals surface area (Å²) < 4.78 is 0. The SMILES string of the molecule is CC(CCCO)NC(=O)C1CCc2ccccc2C1. The van der Waals surface area contributed by atoms with E-state index in [1.54, 1.807) is 0 Å². The van der Waals surface area contributed by atoms with Crippen LogP contribution < -0.4 is 5.32 Å². The van der Waals surface area contributed by atoms with E-state index in [4.69, 9.17) is 5.11 Å². The van der Waals surface area contributed by atoms with E-state index in [-0.39, 0.29) is 24.5 Å². The van der Waals surface area contributed by atoms with Crippen molar-refractivity contribution < 1.29 is 9.90 Å². The first-order valence-electron chi connectivity index (χ1n) is 7.18. The molecule has 0 heterocycles. The molecule has 2 unspecified atom stereocenters. The normalized spacial score (nSPS) is 19.6. The number of carbonyl (C=O) groups is 1. The smallest absolute Gasteiger partial charge is 0.223 e. The van der Waals surface area contributed by atoms with Crippen molar-refractivity contribution in [3.8, 4) is 0 Å². The Balaban J connectivity index is 1.88. The standard InChI is InChI=1S/C16H23NO2/c1-12(5-4-10-18)17-16(19)15-9-8-13-6-2-3-7-14(13)11-15/h2-3,6-7,12,15,18H,4-5,8-11H2,1H3,(H,17,19). The van der Waals surface area contributed by atoms with Crippen molar-refractivity contribution in [2.45, 2.75) is 45.1 Å². The molecule has 0 aliphatic heterocycles. The van der Waals surface area contributed by atoms with Crippen LogP contribution in [0.5, 0.6) is 0 Å². The minimum absolute atomic E-state index is 0.103. The first-order valence-corrected chi connectivity index (χ1v) is 7.18. The molecule has 19 heavy (non-hydrogen) atoms. The lowest BCUT2D eigenvalue weighted by Crippen LogP contribution is -2.39. The van der Waals surface area contributed by atoms with Gasteiger partial charge in [0.25, 0.3) is 0 Å². The van der Waals surface area contributed by atoms with Crippen LogP contribution in [0.3, 0.4) is 0 Å². The number of benzene rings is 1. The summed E-state index contributed by atoms with van der Waals surface area (Å²) in [7, 11) is 0. The Bertz CT molecular complexity index is 431. The van der Waals surface area contributed by atoms with Gasteiger partial charge in [-0.05, 0) is 50.2 Å². The number of hydrogen-bond donors (Lipinski definition) is 2. The van der Waals surface area contributed by atoms with Crippen LogP contribution in [-0.4, -0.2) is 23.7 Å². The van der Waals surface area contributed by atoms with Gasteiger partial charge in [0.15, 0.2) is 0 Å². The number of rotatable bonds is 5. The Morgan fingerprint density at radius 3 is 2.89 bits per heavy atom. The highest BCUT2D eigenvalue weighted by molar-refractivity contribution is 5.79. The average Bonchev–Trinajstić information content (AvgIpc) is 2.44. The highest BCUT2D eigenvalue weighted by Gasteiger charge is 2.24. The van der Waals surface area contributed by atoms with E-state index in [2.05, 4.69) is 23.5 Å². The number of nitrogens with one attached hydrogen (secondary N) is 1. The first-order chi connectivity index (χ1) is 9.20. The van der Waals surface area contributed by atoms with Gasteiger partial charge in [-0.2, -0.15) is 0 Å². The van der Waals surface area contributed by atoms with Crippen LogP contribution in [0.4, 0.5) is 0 Å². The Hall–Kier alpha value is -1.35. The second-order valence-electron chi connectivity index (χ2n) is 5.48. The summed E-state index contributed by atoms with van der Waals surface area (Å²) in [6.45, 7) is 2.20. The predicted octanol–water partition coefficient (Wildman–Crippen LogP) is 2.07. The van der Waals surface area contributed by atoms with Crippen molar-refractivity contribution in [2.75, 3.05) is 6.61 Å². The largest absolute Gasteiger partial charge is 0.396 e. The molecule has 0 saturated carbocycles. The van der Waals surface area contributed by atoms with Gasteiger partial charge >= 0.3 is 0 Å². The number of carbonyl (C=O) groups excluding carboxylic acids is 1. The highest BCUT2D eigenvalue weighted by atomic mass is 16.2. The monoisotopic (exact) mass is 261 g/mol. The Labute approximate surface area is 115 Å². The van der Waals surface area contributed by atoms with Crippen molar-refractivity contribution in [2.24, 2.45) is 5.92 Å². The molecular weight excluding hydrogens is 238 g/mol. The van der Waals surface area contributed by atoms with Crippen molar-refractivity contribution in [1.82, 2.24) is 5.32 Å². The van der Waals surface area contributed by atoms with Gasteiger partial charge in [-0.25, -0.2) is 0 Å². The second kappa shape index (κ2) is 6.71. The van der Waals surface area contributed by atoms with Crippen molar-refractivity contribution in [1.29, 1.82) is 0 Å². The van der Waals surface area contributed by atoms with Crippen molar-refractivity contribution >= 4 is 5.91 Å². The maximum atomic E-state index is 12.2. The van der Waals surface area contributed by atoms with Gasteiger partial charge in [-0.15, -0.1) is 0 Å². The van der Waals surface area contributed by atoms with E-state index < -0.39 is 0 Å². The molecule has 0 spiro atoms. The van der Waals surface area contributed by atoms with Gasteiger partial charge in [0.05, 0.1) is 0 Å². The number of aliphatic hydroxyl groups is 1. The summed E-state index contributed by atoms with van der Waals surface area (Å²) in [6, 6.07) is 8.55. The first kappa shape index (κ1) is 14.1. The summed E-state index contributed by atoms with van der Waals surface area (Å²) in [5.74, 6) is 0.270. The topological polar surface area (TPSA) is 49.3 Å². The van der Waals surface area contributed by atoms with Gasteiger partial charge in [-0.3, -0.25) is 4.79 Å². The highest BCUT2D eigenvalue weighted by Crippen LogP contribution is 2.25. The van der Waals surface area contributed by atoms with Gasteiger partial charge in [0.1, 0.15) is 0 Å². The molecule has 1 amide bonds. The molecular formula is C16H23NO2. The molecule has 0 fully saturated rings. The maximum Gasteiger partial charge on any atom is 0.223 e. The molecule has 3 heteroatoms. The minimum atomic E-state index is 0.103. The molecule has 2 N–H and O–H groups in total. The Morgan fingerprint density at radius 2 is 2.16 bits per heavy atom. The molecule has 1 aliphatic carbocycles. The number of fused-ring (bicyclic) bond motifs is 1. The zero-order valence-corrected chi connectivity index (χ0v) is 11.6. The lowest BCUT2D eigenvalue weighted by Gasteiger charge is -2.25. The van der Waals surface area contributed by atoms with Crippen LogP contribution in [-0.2, 0) is 17.6 Å². The lowest BCUT2D eigenvalue weighted by atomic mass is 9.83. The van der Waals surface area contributed by atoms with Gasteiger partial charge in [-0.1, -0.05) is 24.3 Å². The fourth-order valence-corrected chi connectivity index (χ4v) is 2.75. The summed E-state index contributed by atoms with van der Waals surface area (Å²) >= 11 is 0. The summed E-state index contributed by atoms with van der Waals surface area (Å²) in [4.78, 5) is 12.2. The van der Waals surface area contributed by atoms with E-state index in [0.29, 0.717) is 0 Å². The summed E-state index contributed by atoms with van der Waals surface area (Å²) in [5.41, 5.74) is 2.71. The molecule has 3 nitrogen and oxygen atoms in total. The molecule has 2 rings (SSSR count). The van der Waals surface area contributed by atoms with Crippen LogP contribution in [0, 0.1) is 5.92 Å². The van der Waals surface area contributed by atoms with Crippen LogP contribution in [0.1, 0.15) is 37.3 Å². The molecule has 0 saturated heterocycles. The second-order valence-corrected chi connectivity index (χ2v) is 5.48. The van der Waals surface area contributed by atoms with Crippen LogP contribution >= 0.6 is 0 Å². The fourth-order valence-electron chi connectivity index (χ4n) is 2.75. The Morgan fingerprint density at radius 1 is 1.42 bits per heavy atom. The number of amides is 1. The molecule has 2 atom stereocenters. The average molecular weight is 261 g/mol. The van der Waals surface area contributed by atoms with E-state index in [0.717, 1.165) is 32.1 Å². The van der Waals surface area contributed by atoms with E-state index >= 15 is 0 Å². The molecule has 1 aliphatic rings. The third-order valence-corrected chi connectivity index (χ3v) is 3.90. The van der Waals surface area contributed by atoms with Crippen LogP contribution in [0.2, 0.25) is 0 Å². The fraction of sp³-hybridized carbons (Fsp3) is 0.562. The summed E-state index contributed by atoms with van der Waals surface area (Å²) in [6.07, 6.45) is 4.38. The van der Waals surface area contributed by atoms with Crippen molar-refractivity contribution in [3.05, 3.63) is 35.4 Å². The molecule has 0 bridgehead atoms. The third-order valence-electron chi connectivity index (χ3n) is 3.90. The zero-order valence-electron chi connectivity index (χ0n) is 11.6. The molecule has 1 aromatic rings. The maximum absolute atomic E-state index is 12.2. The van der Waals surface area contributed by atoms with Crippen molar-refractivity contribution in [3.63, 3.8) is 0 Å². The van der Waals surface area contributed by atoms with E-state index in [1.165, 1.54) is 11.1 Å². The molecule has 0 aromatic heterocycles.